The molecule has 1 amide bonds. The van der Waals surface area contributed by atoms with E-state index in [4.69, 9.17) is 19.6 Å². The van der Waals surface area contributed by atoms with Crippen LogP contribution in [0, 0.1) is 0 Å². The summed E-state index contributed by atoms with van der Waals surface area (Å²) in [7, 11) is 1.65. The number of aliphatic imine (C=N–C) groups is 1. The van der Waals surface area contributed by atoms with Crippen LogP contribution in [0.1, 0.15) is 35.6 Å². The number of hydrogen-bond donors (Lipinski definition) is 3. The topological polar surface area (TPSA) is 92.2 Å². The molecule has 0 aliphatic carbocycles. The van der Waals surface area contributed by atoms with Gasteiger partial charge in [-0.1, -0.05) is 76.6 Å². The van der Waals surface area contributed by atoms with E-state index in [0.29, 0.717) is 31.1 Å². The third-order valence-corrected chi connectivity index (χ3v) is 6.72. The van der Waals surface area contributed by atoms with Crippen LogP contribution in [0.25, 0.3) is 6.08 Å². The number of nitrogens with one attached hydrogen (secondary N) is 2. The van der Waals surface area contributed by atoms with E-state index in [9.17, 15) is 4.79 Å². The monoisotopic (exact) mass is 563 g/mol. The maximum atomic E-state index is 13.6. The average Bonchev–Trinajstić information content (AvgIpc) is 3.31. The lowest BCUT2D eigenvalue weighted by atomic mass is 9.84. The van der Waals surface area contributed by atoms with Crippen LogP contribution >= 0.6 is 15.9 Å². The summed E-state index contributed by atoms with van der Waals surface area (Å²) in [5.41, 5.74) is 6.83. The average molecular weight is 564 g/mol. The number of hydrogen-bond acceptors (Lipinski definition) is 6. The molecule has 0 radical (unpaired) electrons. The second-order valence-corrected chi connectivity index (χ2v) is 9.39. The van der Waals surface area contributed by atoms with Crippen molar-refractivity contribution in [2.45, 2.75) is 24.5 Å². The highest BCUT2D eigenvalue weighted by molar-refractivity contribution is 9.10. The van der Waals surface area contributed by atoms with Gasteiger partial charge < -0.3 is 14.6 Å². The lowest BCUT2D eigenvalue weighted by Gasteiger charge is -2.30. The van der Waals surface area contributed by atoms with E-state index in [1.165, 1.54) is 0 Å². The highest BCUT2D eigenvalue weighted by Crippen LogP contribution is 2.44. The van der Waals surface area contributed by atoms with Gasteiger partial charge in [0.1, 0.15) is 5.75 Å². The number of aliphatic hydroxyl groups excluding tert-OH is 1. The number of carbonyl (C=O) groups is 1. The smallest absolute Gasteiger partial charge is 0.266 e. The lowest BCUT2D eigenvalue weighted by Crippen LogP contribution is -2.51. The van der Waals surface area contributed by atoms with Crippen molar-refractivity contribution in [2.24, 2.45) is 4.99 Å². The minimum Gasteiger partial charge on any atom is -0.494 e. The summed E-state index contributed by atoms with van der Waals surface area (Å²) >= 11 is 3.64. The zero-order valence-electron chi connectivity index (χ0n) is 20.6. The summed E-state index contributed by atoms with van der Waals surface area (Å²) < 4.78 is 12.9. The Kier molecular flexibility index (Phi) is 9.11. The molecule has 37 heavy (non-hydrogen) atoms. The van der Waals surface area contributed by atoms with Crippen molar-refractivity contribution in [3.05, 3.63) is 106 Å². The van der Waals surface area contributed by atoms with Crippen molar-refractivity contribution in [1.82, 2.24) is 10.9 Å². The van der Waals surface area contributed by atoms with Gasteiger partial charge in [0.2, 0.25) is 5.90 Å². The first-order valence-corrected chi connectivity index (χ1v) is 12.9. The maximum Gasteiger partial charge on any atom is 0.266 e. The molecule has 1 aliphatic heterocycles. The van der Waals surface area contributed by atoms with Gasteiger partial charge in [-0.3, -0.25) is 10.2 Å². The molecule has 0 spiro atoms. The molecule has 0 aromatic heterocycles. The van der Waals surface area contributed by atoms with Crippen LogP contribution in [-0.4, -0.2) is 42.7 Å². The first-order chi connectivity index (χ1) is 18.1. The van der Waals surface area contributed by atoms with Gasteiger partial charge in [0.05, 0.1) is 6.61 Å². The van der Waals surface area contributed by atoms with E-state index in [0.717, 1.165) is 21.2 Å². The number of halogens is 1. The third kappa shape index (κ3) is 6.28. The molecule has 3 aromatic rings. The molecule has 3 N–H and O–H groups in total. The third-order valence-electron chi connectivity index (χ3n) is 6.00. The Hall–Kier alpha value is -3.46. The summed E-state index contributed by atoms with van der Waals surface area (Å²) in [5, 5.41) is 8.97. The number of hydrazine groups is 1. The Bertz CT molecular complexity index is 1250. The molecule has 192 valence electrons. The number of rotatable bonds is 11. The summed E-state index contributed by atoms with van der Waals surface area (Å²) in [5.74, 6) is 0.762. The van der Waals surface area contributed by atoms with Crippen molar-refractivity contribution in [2.75, 3.05) is 20.3 Å². The molecule has 0 saturated heterocycles. The molecule has 0 saturated carbocycles. The Labute approximate surface area is 225 Å². The molecule has 1 aliphatic rings. The summed E-state index contributed by atoms with van der Waals surface area (Å²) in [6, 6.07) is 25.0. The molecule has 3 aromatic carbocycles. The van der Waals surface area contributed by atoms with Crippen LogP contribution in [0.4, 0.5) is 0 Å². The largest absolute Gasteiger partial charge is 0.494 e. The Morgan fingerprint density at radius 2 is 1.84 bits per heavy atom. The van der Waals surface area contributed by atoms with E-state index in [2.05, 4.69) is 26.8 Å². The SMILES string of the molecule is CNNC(=O)[C@@]1(C/C=C/c2ccccc2)N=C(c2ccc(OCCCO)cc2)O[C@H]1c1ccccc1Br. The van der Waals surface area contributed by atoms with E-state index in [1.807, 2.05) is 91.0 Å². The van der Waals surface area contributed by atoms with Gasteiger partial charge in [-0.05, 0) is 35.9 Å². The zero-order chi connectivity index (χ0) is 26.1. The fraction of sp³-hybridized carbons (Fsp3) is 0.241. The van der Waals surface area contributed by atoms with Crippen LogP contribution in [-0.2, 0) is 9.53 Å². The standard InChI is InChI=1S/C29H30BrN3O4/c1-31-33-28(35)29(18-7-11-21-9-3-2-4-10-21)26(24-12-5-6-13-25(24)30)37-27(32-29)22-14-16-23(17-15-22)36-20-8-19-34/h2-7,9-17,26,31,34H,8,18-20H2,1H3,(H,33,35)/b11-7+/t26-,29-/m0/s1. The van der Waals surface area contributed by atoms with E-state index < -0.39 is 11.6 Å². The molecule has 2 atom stereocenters. The molecular formula is C29H30BrN3O4. The number of carbonyl (C=O) groups excluding carboxylic acids is 1. The first kappa shape index (κ1) is 26.6. The van der Waals surface area contributed by atoms with Gasteiger partial charge >= 0.3 is 0 Å². The second kappa shape index (κ2) is 12.7. The fourth-order valence-corrected chi connectivity index (χ4v) is 4.63. The van der Waals surface area contributed by atoms with Crippen molar-refractivity contribution >= 4 is 33.8 Å². The Balaban J connectivity index is 1.72. The first-order valence-electron chi connectivity index (χ1n) is 12.1. The Morgan fingerprint density at radius 3 is 2.54 bits per heavy atom. The molecule has 4 rings (SSSR count). The summed E-state index contributed by atoms with van der Waals surface area (Å²) in [6.07, 6.45) is 4.14. The number of aliphatic hydroxyl groups is 1. The van der Waals surface area contributed by atoms with Gasteiger partial charge in [0.15, 0.2) is 11.6 Å². The fourth-order valence-electron chi connectivity index (χ4n) is 4.14. The number of benzene rings is 3. The molecule has 0 unspecified atom stereocenters. The normalized spacial score (nSPS) is 18.9. The molecule has 0 fully saturated rings. The predicted molar refractivity (Wildman–Crippen MR) is 148 cm³/mol. The Morgan fingerprint density at radius 1 is 1.11 bits per heavy atom. The van der Waals surface area contributed by atoms with Crippen LogP contribution in [0.3, 0.4) is 0 Å². The van der Waals surface area contributed by atoms with E-state index >= 15 is 0 Å². The lowest BCUT2D eigenvalue weighted by molar-refractivity contribution is -0.129. The summed E-state index contributed by atoms with van der Waals surface area (Å²) in [4.78, 5) is 18.6. The number of nitrogens with zero attached hydrogens (tertiary/aromatic N) is 1. The molecule has 7 nitrogen and oxygen atoms in total. The van der Waals surface area contributed by atoms with Gasteiger partial charge in [0, 0.05) is 42.1 Å². The molecule has 1 heterocycles. The highest BCUT2D eigenvalue weighted by atomic mass is 79.9. The van der Waals surface area contributed by atoms with Crippen molar-refractivity contribution in [1.29, 1.82) is 0 Å². The van der Waals surface area contributed by atoms with Gasteiger partial charge in [-0.2, -0.15) is 0 Å². The van der Waals surface area contributed by atoms with Crippen LogP contribution in [0.5, 0.6) is 5.75 Å². The predicted octanol–water partition coefficient (Wildman–Crippen LogP) is 4.82. The maximum absolute atomic E-state index is 13.6. The molecule has 0 bridgehead atoms. The van der Waals surface area contributed by atoms with Crippen molar-refractivity contribution in [3.8, 4) is 5.75 Å². The number of amides is 1. The minimum atomic E-state index is -1.26. The van der Waals surface area contributed by atoms with Gasteiger partial charge in [-0.25, -0.2) is 10.4 Å². The van der Waals surface area contributed by atoms with Crippen molar-refractivity contribution < 1.29 is 19.4 Å². The number of ether oxygens (including phenoxy) is 2. The van der Waals surface area contributed by atoms with Crippen LogP contribution in [0.15, 0.2) is 94.4 Å². The summed E-state index contributed by atoms with van der Waals surface area (Å²) in [6.45, 7) is 0.507. The van der Waals surface area contributed by atoms with Crippen LogP contribution in [0.2, 0.25) is 0 Å². The minimum absolute atomic E-state index is 0.0780. The molecule has 8 heteroatoms. The highest BCUT2D eigenvalue weighted by Gasteiger charge is 2.53. The zero-order valence-corrected chi connectivity index (χ0v) is 22.1. The van der Waals surface area contributed by atoms with Gasteiger partial charge in [-0.15, -0.1) is 0 Å². The molecular weight excluding hydrogens is 534 g/mol. The quantitative estimate of drug-likeness (QED) is 0.230. The van der Waals surface area contributed by atoms with Crippen LogP contribution < -0.4 is 15.6 Å². The van der Waals surface area contributed by atoms with E-state index in [1.54, 1.807) is 7.05 Å². The van der Waals surface area contributed by atoms with Crippen molar-refractivity contribution in [3.63, 3.8) is 0 Å². The van der Waals surface area contributed by atoms with E-state index in [-0.39, 0.29) is 12.5 Å². The second-order valence-electron chi connectivity index (χ2n) is 8.53. The van der Waals surface area contributed by atoms with Gasteiger partial charge in [0.25, 0.3) is 5.91 Å².